The first-order valence-electron chi connectivity index (χ1n) is 30.9. The molecule has 0 aliphatic heterocycles. The Balaban J connectivity index is 1.58. The van der Waals surface area contributed by atoms with E-state index < -0.39 is 0 Å². The molecule has 5 rings (SSSR count). The smallest absolute Gasteiger partial charge is 0.308 e. The van der Waals surface area contributed by atoms with Gasteiger partial charge in [0.25, 0.3) is 0 Å². The molecule has 81 heavy (non-hydrogen) atoms. The first-order valence-corrected chi connectivity index (χ1v) is 30.9. The van der Waals surface area contributed by atoms with Crippen LogP contribution in [0.1, 0.15) is 160 Å². The highest BCUT2D eigenvalue weighted by molar-refractivity contribution is 6.08. The van der Waals surface area contributed by atoms with Crippen molar-refractivity contribution in [2.75, 3.05) is 85.4 Å². The number of hydrogen-bond acceptors (Lipinski definition) is 4. The van der Waals surface area contributed by atoms with Crippen LogP contribution in [-0.2, 0) is 0 Å². The summed E-state index contributed by atoms with van der Waals surface area (Å²) in [5.41, 5.74) is 5.86. The second-order valence-electron chi connectivity index (χ2n) is 23.0. The van der Waals surface area contributed by atoms with Crippen molar-refractivity contribution in [3.8, 4) is 0 Å². The van der Waals surface area contributed by atoms with Gasteiger partial charge >= 0.3 is 24.1 Å². The Bertz CT molecular complexity index is 2640. The summed E-state index contributed by atoms with van der Waals surface area (Å²) < 4.78 is 0. The summed E-state index contributed by atoms with van der Waals surface area (Å²) in [5.74, 6) is 2.00. The highest BCUT2D eigenvalue weighted by atomic mass is 16.2. The molecule has 0 aromatic heterocycles. The average Bonchev–Trinajstić information content (AvgIpc) is 3.50. The molecule has 0 aliphatic carbocycles. The molecule has 5 aromatic carbocycles. The topological polar surface area (TPSA) is 103 Å². The third kappa shape index (κ3) is 20.0. The molecule has 5 aromatic rings. The van der Waals surface area contributed by atoms with Crippen LogP contribution in [0.15, 0.2) is 133 Å². The highest BCUT2D eigenvalue weighted by Crippen LogP contribution is 2.33. The van der Waals surface area contributed by atoms with Gasteiger partial charge in [0.1, 0.15) is 0 Å². The Morgan fingerprint density at radius 3 is 0.951 bits per heavy atom. The number of anilines is 8. The van der Waals surface area contributed by atoms with Crippen LogP contribution < -0.4 is 39.6 Å². The Kier molecular flexibility index (Phi) is 27.7. The average molecular weight is 1110 g/mol. The van der Waals surface area contributed by atoms with E-state index in [2.05, 4.69) is 81.5 Å². The van der Waals surface area contributed by atoms with E-state index in [4.69, 9.17) is 0 Å². The van der Waals surface area contributed by atoms with Crippen LogP contribution in [0.3, 0.4) is 0 Å². The van der Waals surface area contributed by atoms with Gasteiger partial charge in [0.15, 0.2) is 0 Å². The molecule has 0 unspecified atom stereocenters. The predicted octanol–water partition coefficient (Wildman–Crippen LogP) is 18.8. The van der Waals surface area contributed by atoms with Gasteiger partial charge < -0.3 is 5.32 Å². The number of amides is 8. The third-order valence-electron chi connectivity index (χ3n) is 15.0. The Morgan fingerprint density at radius 1 is 0.333 bits per heavy atom. The second-order valence-corrected chi connectivity index (χ2v) is 23.0. The number of nitrogens with one attached hydrogen (secondary N) is 1. The second kappa shape index (κ2) is 34.5. The number of carbonyl (C=O) groups is 4. The summed E-state index contributed by atoms with van der Waals surface area (Å²) in [6, 6.07) is 42.4. The number of nitrogens with zero attached hydrogens (tertiary/aromatic N) is 7. The number of urea groups is 4. The van der Waals surface area contributed by atoms with Crippen LogP contribution in [0.5, 0.6) is 0 Å². The van der Waals surface area contributed by atoms with Gasteiger partial charge in [-0.15, -0.1) is 0 Å². The van der Waals surface area contributed by atoms with Crippen LogP contribution in [0.25, 0.3) is 0 Å². The molecule has 12 nitrogen and oxygen atoms in total. The van der Waals surface area contributed by atoms with Crippen molar-refractivity contribution in [3.63, 3.8) is 0 Å². The van der Waals surface area contributed by atoms with E-state index in [1.165, 1.54) is 0 Å². The third-order valence-corrected chi connectivity index (χ3v) is 15.0. The van der Waals surface area contributed by atoms with Crippen molar-refractivity contribution in [1.29, 1.82) is 0 Å². The van der Waals surface area contributed by atoms with E-state index in [0.717, 1.165) is 99.1 Å². The fourth-order valence-electron chi connectivity index (χ4n) is 10.5. The maximum Gasteiger partial charge on any atom is 0.328 e. The molecule has 0 saturated heterocycles. The van der Waals surface area contributed by atoms with Gasteiger partial charge in [0, 0.05) is 91.3 Å². The molecule has 0 aliphatic rings. The summed E-state index contributed by atoms with van der Waals surface area (Å²) >= 11 is 0. The zero-order valence-corrected chi connectivity index (χ0v) is 51.4. The number of benzene rings is 5. The number of carbonyl (C=O) groups excluding carboxylic acids is 4. The van der Waals surface area contributed by atoms with Crippen molar-refractivity contribution in [1.82, 2.24) is 0 Å². The van der Waals surface area contributed by atoms with Crippen LogP contribution in [0.2, 0.25) is 0 Å². The van der Waals surface area contributed by atoms with Gasteiger partial charge in [-0.1, -0.05) is 169 Å². The molecule has 8 amide bonds. The van der Waals surface area contributed by atoms with E-state index in [-0.39, 0.29) is 24.1 Å². The highest BCUT2D eigenvalue weighted by Gasteiger charge is 2.30. The Morgan fingerprint density at radius 2 is 0.617 bits per heavy atom. The molecule has 0 fully saturated rings. The summed E-state index contributed by atoms with van der Waals surface area (Å²) in [4.78, 5) is 73.0. The number of rotatable bonds is 32. The largest absolute Gasteiger partial charge is 0.328 e. The van der Waals surface area contributed by atoms with E-state index in [0.29, 0.717) is 99.4 Å². The van der Waals surface area contributed by atoms with Gasteiger partial charge in [-0.3, -0.25) is 34.3 Å². The molecular weight excluding hydrogens is 1000 g/mol. The summed E-state index contributed by atoms with van der Waals surface area (Å²) in [6.07, 6.45) is 12.1. The quantitative estimate of drug-likeness (QED) is 0.0463. The molecule has 0 radical (unpaired) electrons. The van der Waals surface area contributed by atoms with Crippen molar-refractivity contribution in [3.05, 3.63) is 133 Å². The maximum atomic E-state index is 15.8. The summed E-state index contributed by atoms with van der Waals surface area (Å²) in [6.45, 7) is 27.5. The molecule has 12 heteroatoms. The predicted molar refractivity (Wildman–Crippen MR) is 345 cm³/mol. The number of hydrogen-bond donors (Lipinski definition) is 1. The van der Waals surface area contributed by atoms with Gasteiger partial charge in [0.2, 0.25) is 0 Å². The van der Waals surface area contributed by atoms with Crippen molar-refractivity contribution in [2.45, 2.75) is 160 Å². The van der Waals surface area contributed by atoms with E-state index in [9.17, 15) is 9.59 Å². The first kappa shape index (κ1) is 65.0. The first-order chi connectivity index (χ1) is 39.1. The van der Waals surface area contributed by atoms with Crippen LogP contribution >= 0.6 is 0 Å². The maximum absolute atomic E-state index is 15.8. The SMILES string of the molecule is CCCN(C(=O)Nc1ccccc1)c1cccc(N(CCC)C(=O)N(CC[C@H](C)CCCC(C)C)c2cccc(N(CC[C@H](C)CCCC(C)C)C(=O)N(CCC)c3cccc(N(CCC)C(=O)N(CCC)c4ccccc4)c3)c2)c1. The number of para-hydroxylation sites is 2. The minimum absolute atomic E-state index is 0.0979. The molecule has 0 heterocycles. The molecule has 440 valence electrons. The lowest BCUT2D eigenvalue weighted by molar-refractivity contribution is 0.250. The zero-order valence-electron chi connectivity index (χ0n) is 51.4. The molecule has 0 spiro atoms. The monoisotopic (exact) mass is 1100 g/mol. The molecule has 0 bridgehead atoms. The standard InChI is InChI=1S/C69H100N8O4/c1-12-44-71(66(78)70-58-32-19-17-20-33-58)60-36-25-37-61(51-60)74(47-15-4)68(80)76(49-42-56(10)30-23-28-54(6)7)64-40-27-41-65(53-64)77(50-43-57(11)31-24-29-55(8)9)69(81)75(48-16-5)63-39-26-38-62(52-63)73(46-14-3)67(79)72(45-13-2)59-34-21-18-22-35-59/h17-22,25-27,32-41,51-57H,12-16,23-24,28-31,42-50H2,1-11H3,(H,70,78)/t56-,57-/m1/s1. The zero-order chi connectivity index (χ0) is 58.7. The Hall–Kier alpha value is -6.82. The van der Waals surface area contributed by atoms with Crippen molar-refractivity contribution in [2.24, 2.45) is 23.7 Å². The lowest BCUT2D eigenvalue weighted by Gasteiger charge is -2.35. The van der Waals surface area contributed by atoms with E-state index >= 15 is 9.59 Å². The lowest BCUT2D eigenvalue weighted by atomic mass is 9.97. The normalized spacial score (nSPS) is 12.0. The van der Waals surface area contributed by atoms with E-state index in [1.807, 2.05) is 163 Å². The van der Waals surface area contributed by atoms with Crippen LogP contribution in [0, 0.1) is 23.7 Å². The van der Waals surface area contributed by atoms with Gasteiger partial charge in [-0.25, -0.2) is 19.2 Å². The minimum atomic E-state index is -0.237. The fraction of sp³-hybridized carbons (Fsp3) is 0.507. The molecule has 1 N–H and O–H groups in total. The Labute approximate surface area is 488 Å². The molecular formula is C69H100N8O4. The minimum Gasteiger partial charge on any atom is -0.308 e. The van der Waals surface area contributed by atoms with Crippen LogP contribution in [-0.4, -0.2) is 69.9 Å². The van der Waals surface area contributed by atoms with E-state index in [1.54, 1.807) is 4.90 Å². The summed E-state index contributed by atoms with van der Waals surface area (Å²) in [7, 11) is 0. The van der Waals surface area contributed by atoms with Crippen molar-refractivity contribution < 1.29 is 19.2 Å². The van der Waals surface area contributed by atoms with Crippen LogP contribution in [0.4, 0.5) is 64.7 Å². The fourth-order valence-corrected chi connectivity index (χ4v) is 10.5. The molecule has 2 atom stereocenters. The summed E-state index contributed by atoms with van der Waals surface area (Å²) in [5, 5.41) is 3.06. The molecule has 0 saturated carbocycles. The van der Waals surface area contributed by atoms with Gasteiger partial charge in [-0.05, 0) is 147 Å². The van der Waals surface area contributed by atoms with Crippen molar-refractivity contribution >= 4 is 69.6 Å². The van der Waals surface area contributed by atoms with Gasteiger partial charge in [-0.2, -0.15) is 0 Å². The van der Waals surface area contributed by atoms with Gasteiger partial charge in [0.05, 0.1) is 0 Å². The lowest BCUT2D eigenvalue weighted by Crippen LogP contribution is -2.46.